The molecule has 29 heavy (non-hydrogen) atoms. The minimum Gasteiger partial charge on any atom is -0.506 e. The van der Waals surface area contributed by atoms with E-state index in [4.69, 9.17) is 4.74 Å². The number of pyridine rings is 1. The Morgan fingerprint density at radius 2 is 1.90 bits per heavy atom. The number of allylic oxidation sites excluding steroid dienone is 1. The van der Waals surface area contributed by atoms with E-state index in [2.05, 4.69) is 4.74 Å². The van der Waals surface area contributed by atoms with E-state index in [0.717, 1.165) is 0 Å². The number of aromatic hydroxyl groups is 1. The molecule has 0 fully saturated rings. The summed E-state index contributed by atoms with van der Waals surface area (Å²) in [6.45, 7) is -0.233. The molecular formula is C22H19NO6. The first kappa shape index (κ1) is 19.9. The molecule has 7 heteroatoms. The summed E-state index contributed by atoms with van der Waals surface area (Å²) in [6, 6.07) is 13.5. The molecule has 0 saturated carbocycles. The van der Waals surface area contributed by atoms with Crippen molar-refractivity contribution in [2.24, 2.45) is 7.05 Å². The van der Waals surface area contributed by atoms with Gasteiger partial charge in [-0.25, -0.2) is 4.79 Å². The third-order valence-electron chi connectivity index (χ3n) is 4.39. The summed E-state index contributed by atoms with van der Waals surface area (Å²) in [6.07, 6.45) is 2.71. The molecule has 0 aliphatic rings. The predicted molar refractivity (Wildman–Crippen MR) is 108 cm³/mol. The lowest BCUT2D eigenvalue weighted by Gasteiger charge is -2.09. The van der Waals surface area contributed by atoms with Gasteiger partial charge in [0.15, 0.2) is 12.4 Å². The average Bonchev–Trinajstić information content (AvgIpc) is 2.75. The summed E-state index contributed by atoms with van der Waals surface area (Å²) in [5.74, 6) is -1.04. The molecule has 148 valence electrons. The maximum Gasteiger partial charge on any atom is 0.343 e. The number of benzene rings is 2. The molecular weight excluding hydrogens is 374 g/mol. The topological polar surface area (TPSA) is 94.8 Å². The van der Waals surface area contributed by atoms with Gasteiger partial charge in [-0.15, -0.1) is 0 Å². The number of nitrogens with zero attached hydrogens (tertiary/aromatic N) is 1. The molecule has 0 aliphatic heterocycles. The van der Waals surface area contributed by atoms with E-state index in [-0.39, 0.29) is 17.9 Å². The molecule has 0 atom stereocenters. The van der Waals surface area contributed by atoms with Crippen molar-refractivity contribution in [2.45, 2.75) is 0 Å². The first-order valence-electron chi connectivity index (χ1n) is 8.75. The Kier molecular flexibility index (Phi) is 5.78. The molecule has 1 N–H and O–H groups in total. The van der Waals surface area contributed by atoms with Crippen LogP contribution in [0.25, 0.3) is 17.0 Å². The first-order valence-corrected chi connectivity index (χ1v) is 8.75. The lowest BCUT2D eigenvalue weighted by atomic mass is 10.1. The second kappa shape index (κ2) is 8.43. The number of fused-ring (bicyclic) bond motifs is 1. The molecule has 1 aromatic heterocycles. The van der Waals surface area contributed by atoms with E-state index in [9.17, 15) is 19.5 Å². The van der Waals surface area contributed by atoms with Gasteiger partial charge in [0.1, 0.15) is 17.1 Å². The number of aryl methyl sites for hydroxylation is 1. The van der Waals surface area contributed by atoms with Gasteiger partial charge >= 0.3 is 5.97 Å². The first-order chi connectivity index (χ1) is 13.9. The highest BCUT2D eigenvalue weighted by molar-refractivity contribution is 6.11. The summed E-state index contributed by atoms with van der Waals surface area (Å²) in [5, 5.41) is 10.9. The van der Waals surface area contributed by atoms with Crippen LogP contribution >= 0.6 is 0 Å². The van der Waals surface area contributed by atoms with Gasteiger partial charge in [-0.2, -0.15) is 0 Å². The summed E-state index contributed by atoms with van der Waals surface area (Å²) >= 11 is 0. The average molecular weight is 393 g/mol. The molecule has 0 saturated heterocycles. The number of aromatic nitrogens is 1. The molecule has 0 aliphatic carbocycles. The van der Waals surface area contributed by atoms with Crippen molar-refractivity contribution in [2.75, 3.05) is 13.7 Å². The van der Waals surface area contributed by atoms with Crippen molar-refractivity contribution >= 4 is 28.7 Å². The van der Waals surface area contributed by atoms with Crippen LogP contribution in [0.4, 0.5) is 0 Å². The number of ketones is 1. The number of carbonyl (C=O) groups is 2. The van der Waals surface area contributed by atoms with Crippen LogP contribution in [0.3, 0.4) is 0 Å². The van der Waals surface area contributed by atoms with Crippen LogP contribution in [0.5, 0.6) is 11.5 Å². The highest BCUT2D eigenvalue weighted by Crippen LogP contribution is 2.26. The van der Waals surface area contributed by atoms with Crippen molar-refractivity contribution in [1.29, 1.82) is 0 Å². The smallest absolute Gasteiger partial charge is 0.343 e. The zero-order chi connectivity index (χ0) is 21.0. The van der Waals surface area contributed by atoms with Crippen molar-refractivity contribution in [3.05, 3.63) is 76.1 Å². The second-order valence-electron chi connectivity index (χ2n) is 6.24. The summed E-state index contributed by atoms with van der Waals surface area (Å²) in [5.41, 5.74) is 0.287. The van der Waals surface area contributed by atoms with Crippen molar-refractivity contribution in [3.8, 4) is 11.5 Å². The van der Waals surface area contributed by atoms with Gasteiger partial charge in [-0.1, -0.05) is 30.3 Å². The highest BCUT2D eigenvalue weighted by Gasteiger charge is 2.19. The third-order valence-corrected chi connectivity index (χ3v) is 4.39. The maximum atomic E-state index is 12.6. The highest BCUT2D eigenvalue weighted by atomic mass is 16.6. The van der Waals surface area contributed by atoms with E-state index in [0.29, 0.717) is 22.2 Å². The largest absolute Gasteiger partial charge is 0.506 e. The zero-order valence-electron chi connectivity index (χ0n) is 15.9. The van der Waals surface area contributed by atoms with Crippen molar-refractivity contribution in [3.63, 3.8) is 0 Å². The summed E-state index contributed by atoms with van der Waals surface area (Å²) in [7, 11) is 2.82. The monoisotopic (exact) mass is 393 g/mol. The van der Waals surface area contributed by atoms with E-state index >= 15 is 0 Å². The number of hydrogen-bond acceptors (Lipinski definition) is 6. The lowest BCUT2D eigenvalue weighted by Crippen LogP contribution is -2.24. The molecule has 0 amide bonds. The predicted octanol–water partition coefficient (Wildman–Crippen LogP) is 2.69. The van der Waals surface area contributed by atoms with E-state index in [1.165, 1.54) is 23.8 Å². The van der Waals surface area contributed by atoms with E-state index in [1.54, 1.807) is 55.6 Å². The number of carbonyl (C=O) groups excluding carboxylic acids is 2. The van der Waals surface area contributed by atoms with Gasteiger partial charge in [-0.05, 0) is 35.9 Å². The Labute approximate surface area is 166 Å². The van der Waals surface area contributed by atoms with Crippen LogP contribution in [0.2, 0.25) is 0 Å². The number of para-hydroxylation sites is 1. The molecule has 3 rings (SSSR count). The zero-order valence-corrected chi connectivity index (χ0v) is 15.9. The van der Waals surface area contributed by atoms with Gasteiger partial charge in [0, 0.05) is 12.4 Å². The van der Waals surface area contributed by atoms with Gasteiger partial charge in [0.25, 0.3) is 5.56 Å². The number of esters is 1. The lowest BCUT2D eigenvalue weighted by molar-refractivity contribution is -0.142. The minimum absolute atomic E-state index is 0.233. The Hall–Kier alpha value is -3.87. The molecule has 0 unspecified atom stereocenters. The van der Waals surface area contributed by atoms with Gasteiger partial charge < -0.3 is 19.1 Å². The molecule has 2 aromatic carbocycles. The van der Waals surface area contributed by atoms with Gasteiger partial charge in [0.2, 0.25) is 0 Å². The normalized spacial score (nSPS) is 11.0. The van der Waals surface area contributed by atoms with Crippen LogP contribution in [0.15, 0.2) is 59.4 Å². The quantitative estimate of drug-likeness (QED) is 0.393. The molecule has 0 spiro atoms. The fourth-order valence-corrected chi connectivity index (χ4v) is 2.87. The molecule has 0 bridgehead atoms. The Morgan fingerprint density at radius 3 is 2.66 bits per heavy atom. The summed E-state index contributed by atoms with van der Waals surface area (Å²) in [4.78, 5) is 36.4. The molecule has 0 radical (unpaired) electrons. The fraction of sp³-hybridized carbons (Fsp3) is 0.136. The number of methoxy groups -OCH3 is 1. The van der Waals surface area contributed by atoms with Crippen molar-refractivity contribution < 1.29 is 24.2 Å². The summed E-state index contributed by atoms with van der Waals surface area (Å²) < 4.78 is 11.2. The Balaban J connectivity index is 1.88. The van der Waals surface area contributed by atoms with E-state index < -0.39 is 17.3 Å². The minimum atomic E-state index is -0.616. The molecule has 3 aromatic rings. The number of ether oxygens (including phenoxy) is 2. The van der Waals surface area contributed by atoms with Crippen LogP contribution in [0.1, 0.15) is 15.9 Å². The van der Waals surface area contributed by atoms with Crippen LogP contribution in [-0.2, 0) is 16.6 Å². The number of hydrogen-bond donors (Lipinski definition) is 1. The van der Waals surface area contributed by atoms with Crippen LogP contribution in [-0.4, -0.2) is 35.1 Å². The van der Waals surface area contributed by atoms with E-state index in [1.807, 2.05) is 0 Å². The van der Waals surface area contributed by atoms with Crippen LogP contribution < -0.4 is 10.3 Å². The molecule has 1 heterocycles. The number of rotatable bonds is 6. The van der Waals surface area contributed by atoms with Gasteiger partial charge in [0.05, 0.1) is 12.6 Å². The van der Waals surface area contributed by atoms with Crippen LogP contribution in [0, 0.1) is 0 Å². The Bertz CT molecular complexity index is 1180. The third kappa shape index (κ3) is 4.19. The second-order valence-corrected chi connectivity index (χ2v) is 6.24. The maximum absolute atomic E-state index is 12.6. The van der Waals surface area contributed by atoms with Crippen molar-refractivity contribution in [1.82, 2.24) is 4.57 Å². The fourth-order valence-electron chi connectivity index (χ4n) is 2.87. The van der Waals surface area contributed by atoms with Gasteiger partial charge in [-0.3, -0.25) is 9.59 Å². The SMILES string of the molecule is COC(=O)COc1cccc(C=CC(=O)c2c(O)c3ccccc3n(C)c2=O)c1. The standard InChI is InChI=1S/C22H19NO6/c1-23-17-9-4-3-8-16(17)21(26)20(22(23)27)18(24)11-10-14-6-5-7-15(12-14)29-13-19(25)28-2/h3-12,26H,13H2,1-2H3. The molecule has 7 nitrogen and oxygen atoms in total. The Morgan fingerprint density at radius 1 is 1.14 bits per heavy atom.